The molecule has 0 aromatic heterocycles. The Hall–Kier alpha value is -1.05. The van der Waals surface area contributed by atoms with Crippen LogP contribution in [0.25, 0.3) is 0 Å². The number of hydrogen-bond acceptors (Lipinski definition) is 5. The monoisotopic (exact) mass is 379 g/mol. The van der Waals surface area contributed by atoms with E-state index in [0.29, 0.717) is 19.8 Å². The zero-order chi connectivity index (χ0) is 15.8. The molecule has 1 heterocycles. The molecule has 1 aliphatic rings. The highest BCUT2D eigenvalue weighted by Crippen LogP contribution is 2.18. The number of carbonyl (C=O) groups is 1. The van der Waals surface area contributed by atoms with Gasteiger partial charge in [0.1, 0.15) is 11.9 Å². The van der Waals surface area contributed by atoms with Gasteiger partial charge in [-0.05, 0) is 32.6 Å². The molecule has 1 fully saturated rings. The van der Waals surface area contributed by atoms with Gasteiger partial charge in [-0.2, -0.15) is 0 Å². The standard InChI is InChI=1S/C16H25N3O3.2ClH/c1-19(2)8-4-9-21-14-6-3-5-13(11-14)18-16(20)15-12-17-7-10-22-15;;/h3,5-6,11,15,17H,4,7-10,12H2,1-2H3,(H,18,20);2*1H. The third kappa shape index (κ3) is 8.17. The minimum Gasteiger partial charge on any atom is -0.493 e. The molecule has 1 aromatic carbocycles. The number of amides is 1. The highest BCUT2D eigenvalue weighted by Gasteiger charge is 2.21. The first kappa shape index (κ1) is 22.9. The Balaban J connectivity index is 0.00000264. The number of carbonyl (C=O) groups excluding carboxylic acids is 1. The molecule has 1 amide bonds. The molecule has 0 spiro atoms. The molecule has 1 saturated heterocycles. The normalized spacial score (nSPS) is 16.7. The summed E-state index contributed by atoms with van der Waals surface area (Å²) in [6, 6.07) is 7.45. The van der Waals surface area contributed by atoms with E-state index < -0.39 is 6.10 Å². The summed E-state index contributed by atoms with van der Waals surface area (Å²) in [4.78, 5) is 14.2. The lowest BCUT2D eigenvalue weighted by Gasteiger charge is -2.22. The summed E-state index contributed by atoms with van der Waals surface area (Å²) < 4.78 is 11.1. The summed E-state index contributed by atoms with van der Waals surface area (Å²) in [7, 11) is 4.08. The number of nitrogens with one attached hydrogen (secondary N) is 2. The fraction of sp³-hybridized carbons (Fsp3) is 0.562. The van der Waals surface area contributed by atoms with Crippen LogP contribution in [0.4, 0.5) is 5.69 Å². The van der Waals surface area contributed by atoms with E-state index in [9.17, 15) is 4.79 Å². The van der Waals surface area contributed by atoms with Gasteiger partial charge in [0.2, 0.25) is 0 Å². The van der Waals surface area contributed by atoms with Crippen LogP contribution in [0.15, 0.2) is 24.3 Å². The average Bonchev–Trinajstić information content (AvgIpc) is 2.52. The summed E-state index contributed by atoms with van der Waals surface area (Å²) in [5.74, 6) is 0.635. The molecule has 8 heteroatoms. The van der Waals surface area contributed by atoms with Crippen molar-refractivity contribution in [2.75, 3.05) is 52.3 Å². The van der Waals surface area contributed by atoms with E-state index >= 15 is 0 Å². The lowest BCUT2D eigenvalue weighted by atomic mass is 10.2. The van der Waals surface area contributed by atoms with Crippen molar-refractivity contribution in [1.82, 2.24) is 10.2 Å². The van der Waals surface area contributed by atoms with Crippen LogP contribution in [-0.2, 0) is 9.53 Å². The molecule has 0 saturated carbocycles. The Bertz CT molecular complexity index is 483. The van der Waals surface area contributed by atoms with Gasteiger partial charge in [-0.3, -0.25) is 4.79 Å². The Morgan fingerprint density at radius 3 is 2.88 bits per heavy atom. The van der Waals surface area contributed by atoms with Gasteiger partial charge in [-0.25, -0.2) is 0 Å². The average molecular weight is 380 g/mol. The van der Waals surface area contributed by atoms with E-state index in [0.717, 1.165) is 30.9 Å². The summed E-state index contributed by atoms with van der Waals surface area (Å²) >= 11 is 0. The predicted molar refractivity (Wildman–Crippen MR) is 101 cm³/mol. The van der Waals surface area contributed by atoms with Crippen molar-refractivity contribution in [1.29, 1.82) is 0 Å². The van der Waals surface area contributed by atoms with Crippen molar-refractivity contribution in [3.8, 4) is 5.75 Å². The van der Waals surface area contributed by atoms with Crippen molar-refractivity contribution in [3.63, 3.8) is 0 Å². The van der Waals surface area contributed by atoms with Gasteiger partial charge in [0.15, 0.2) is 0 Å². The van der Waals surface area contributed by atoms with Crippen LogP contribution in [0.1, 0.15) is 6.42 Å². The van der Waals surface area contributed by atoms with Crippen LogP contribution in [0.3, 0.4) is 0 Å². The minimum atomic E-state index is -0.432. The Morgan fingerprint density at radius 2 is 2.21 bits per heavy atom. The molecule has 0 radical (unpaired) electrons. The number of nitrogens with zero attached hydrogens (tertiary/aromatic N) is 1. The number of hydrogen-bond donors (Lipinski definition) is 2. The van der Waals surface area contributed by atoms with Gasteiger partial charge in [-0.1, -0.05) is 6.07 Å². The molecule has 0 bridgehead atoms. The SMILES string of the molecule is CN(C)CCCOc1cccc(NC(=O)C2CNCCO2)c1.Cl.Cl. The zero-order valence-corrected chi connectivity index (χ0v) is 15.8. The Labute approximate surface area is 156 Å². The molecule has 138 valence electrons. The Kier molecular flexibility index (Phi) is 11.8. The maximum Gasteiger partial charge on any atom is 0.254 e. The molecular weight excluding hydrogens is 353 g/mol. The fourth-order valence-electron chi connectivity index (χ4n) is 2.19. The van der Waals surface area contributed by atoms with Crippen molar-refractivity contribution in [3.05, 3.63) is 24.3 Å². The smallest absolute Gasteiger partial charge is 0.254 e. The molecule has 6 nitrogen and oxygen atoms in total. The maximum absolute atomic E-state index is 12.1. The van der Waals surface area contributed by atoms with E-state index in [1.807, 2.05) is 38.4 Å². The van der Waals surface area contributed by atoms with E-state index in [1.54, 1.807) is 0 Å². The van der Waals surface area contributed by atoms with Gasteiger partial charge in [0.05, 0.1) is 13.2 Å². The van der Waals surface area contributed by atoms with Gasteiger partial charge in [0, 0.05) is 31.4 Å². The second kappa shape index (κ2) is 12.3. The van der Waals surface area contributed by atoms with Crippen molar-refractivity contribution in [2.45, 2.75) is 12.5 Å². The maximum atomic E-state index is 12.1. The Morgan fingerprint density at radius 1 is 1.42 bits per heavy atom. The molecule has 1 aliphatic heterocycles. The first-order valence-corrected chi connectivity index (χ1v) is 7.66. The summed E-state index contributed by atoms with van der Waals surface area (Å²) in [6.45, 7) is 3.55. The van der Waals surface area contributed by atoms with Crippen LogP contribution in [0.2, 0.25) is 0 Å². The van der Waals surface area contributed by atoms with Crippen LogP contribution in [0, 0.1) is 0 Å². The van der Waals surface area contributed by atoms with Crippen LogP contribution in [-0.4, -0.2) is 63.9 Å². The second-order valence-electron chi connectivity index (χ2n) is 5.59. The lowest BCUT2D eigenvalue weighted by molar-refractivity contribution is -0.128. The number of ether oxygens (including phenoxy) is 2. The van der Waals surface area contributed by atoms with E-state index in [1.165, 1.54) is 0 Å². The topological polar surface area (TPSA) is 62.8 Å². The number of benzene rings is 1. The van der Waals surface area contributed by atoms with E-state index in [4.69, 9.17) is 9.47 Å². The number of morpholine rings is 1. The highest BCUT2D eigenvalue weighted by molar-refractivity contribution is 5.94. The number of halogens is 2. The van der Waals surface area contributed by atoms with Gasteiger partial charge in [0.25, 0.3) is 5.91 Å². The summed E-state index contributed by atoms with van der Waals surface area (Å²) in [6.07, 6.45) is 0.531. The fourth-order valence-corrected chi connectivity index (χ4v) is 2.19. The van der Waals surface area contributed by atoms with Gasteiger partial charge in [-0.15, -0.1) is 24.8 Å². The van der Waals surface area contributed by atoms with Crippen LogP contribution >= 0.6 is 24.8 Å². The van der Waals surface area contributed by atoms with Crippen LogP contribution < -0.4 is 15.4 Å². The number of anilines is 1. The zero-order valence-electron chi connectivity index (χ0n) is 14.1. The highest BCUT2D eigenvalue weighted by atomic mass is 35.5. The minimum absolute atomic E-state index is 0. The van der Waals surface area contributed by atoms with Crippen molar-refractivity contribution < 1.29 is 14.3 Å². The first-order valence-electron chi connectivity index (χ1n) is 7.66. The first-order chi connectivity index (χ1) is 10.6. The summed E-state index contributed by atoms with van der Waals surface area (Å²) in [5, 5.41) is 6.01. The van der Waals surface area contributed by atoms with Crippen molar-refractivity contribution >= 4 is 36.4 Å². The molecule has 24 heavy (non-hydrogen) atoms. The van der Waals surface area contributed by atoms with E-state index in [2.05, 4.69) is 15.5 Å². The molecule has 1 atom stereocenters. The number of rotatable bonds is 7. The summed E-state index contributed by atoms with van der Waals surface area (Å²) in [5.41, 5.74) is 0.726. The largest absolute Gasteiger partial charge is 0.493 e. The third-order valence-electron chi connectivity index (χ3n) is 3.34. The lowest BCUT2D eigenvalue weighted by Crippen LogP contribution is -2.45. The second-order valence-corrected chi connectivity index (χ2v) is 5.59. The van der Waals surface area contributed by atoms with Crippen molar-refractivity contribution in [2.24, 2.45) is 0 Å². The molecule has 2 rings (SSSR count). The van der Waals surface area contributed by atoms with E-state index in [-0.39, 0.29) is 30.7 Å². The van der Waals surface area contributed by atoms with Crippen LogP contribution in [0.5, 0.6) is 5.75 Å². The van der Waals surface area contributed by atoms with Gasteiger partial charge >= 0.3 is 0 Å². The molecular formula is C16H27Cl2N3O3. The molecule has 2 N–H and O–H groups in total. The third-order valence-corrected chi connectivity index (χ3v) is 3.34. The van der Waals surface area contributed by atoms with Gasteiger partial charge < -0.3 is 25.0 Å². The quantitative estimate of drug-likeness (QED) is 0.707. The predicted octanol–water partition coefficient (Wildman–Crippen LogP) is 1.79. The molecule has 1 unspecified atom stereocenters. The molecule has 1 aromatic rings. The molecule has 0 aliphatic carbocycles.